The number of hydrogen-bond donors (Lipinski definition) is 2. The van der Waals surface area contributed by atoms with Crippen LogP contribution >= 0.6 is 0 Å². The third-order valence-electron chi connectivity index (χ3n) is 9.33. The van der Waals surface area contributed by atoms with Crippen molar-refractivity contribution in [2.45, 2.75) is 63.0 Å². The fourth-order valence-corrected chi connectivity index (χ4v) is 7.03. The Hall–Kier alpha value is -3.28. The number of nitrogens with one attached hydrogen (secondary N) is 1. The molecule has 2 aromatic carbocycles. The van der Waals surface area contributed by atoms with Crippen LogP contribution in [0.2, 0.25) is 0 Å². The number of aliphatic hydroxyl groups is 1. The van der Waals surface area contributed by atoms with Gasteiger partial charge in [-0.2, -0.15) is 13.2 Å². The van der Waals surface area contributed by atoms with Gasteiger partial charge in [0.05, 0.1) is 11.2 Å². The average molecular weight is 572 g/mol. The molecule has 0 aliphatic carbocycles. The molecular weight excluding hydrogens is 539 g/mol. The number of alkyl halides is 3. The number of ether oxygens (including phenoxy) is 1. The molecule has 3 amide bonds. The number of nitrogens with zero attached hydrogens (tertiary/aromatic N) is 2. The van der Waals surface area contributed by atoms with Crippen LogP contribution in [-0.4, -0.2) is 65.0 Å². The van der Waals surface area contributed by atoms with Crippen molar-refractivity contribution in [2.75, 3.05) is 26.3 Å². The Morgan fingerprint density at radius 3 is 2.44 bits per heavy atom. The summed E-state index contributed by atoms with van der Waals surface area (Å²) in [4.78, 5) is 40.9. The molecule has 3 fully saturated rings. The molecule has 2 N–H and O–H groups in total. The zero-order valence-corrected chi connectivity index (χ0v) is 22.5. The molecule has 8 nitrogen and oxygen atoms in total. The largest absolute Gasteiger partial charge is 0.416 e. The SMILES string of the molecule is O=C1CCC(N2Cc3cc(C4(O)CCN(Cc5ccc(C(F)(F)F)cc5)CC45CCOCC5)ccc3C2=O)C(=O)N1. The van der Waals surface area contributed by atoms with Gasteiger partial charge in [0.15, 0.2) is 0 Å². The first-order chi connectivity index (χ1) is 19.5. The molecule has 4 aliphatic heterocycles. The number of amides is 3. The number of likely N-dealkylation sites (tertiary alicyclic amines) is 1. The average Bonchev–Trinajstić information content (AvgIpc) is 3.26. The Bertz CT molecular complexity index is 1370. The normalized spacial score (nSPS) is 26.8. The predicted molar refractivity (Wildman–Crippen MR) is 140 cm³/mol. The molecule has 0 aromatic heterocycles. The van der Waals surface area contributed by atoms with Crippen LogP contribution < -0.4 is 5.32 Å². The third-order valence-corrected chi connectivity index (χ3v) is 9.33. The third kappa shape index (κ3) is 4.93. The maximum absolute atomic E-state index is 13.2. The van der Waals surface area contributed by atoms with E-state index in [4.69, 9.17) is 4.74 Å². The minimum atomic E-state index is -4.38. The van der Waals surface area contributed by atoms with E-state index in [1.54, 1.807) is 12.1 Å². The minimum Gasteiger partial charge on any atom is -0.384 e. The highest BCUT2D eigenvalue weighted by atomic mass is 19.4. The Labute approximate surface area is 235 Å². The van der Waals surface area contributed by atoms with Crippen LogP contribution in [-0.2, 0) is 39.2 Å². The molecule has 4 heterocycles. The second-order valence-electron chi connectivity index (χ2n) is 11.7. The first-order valence-corrected chi connectivity index (χ1v) is 14.0. The Morgan fingerprint density at radius 1 is 1.02 bits per heavy atom. The molecule has 3 saturated heterocycles. The molecule has 0 saturated carbocycles. The van der Waals surface area contributed by atoms with Crippen LogP contribution in [0.4, 0.5) is 13.2 Å². The molecule has 11 heteroatoms. The van der Waals surface area contributed by atoms with Crippen molar-refractivity contribution in [1.82, 2.24) is 15.1 Å². The number of piperidine rings is 2. The summed E-state index contributed by atoms with van der Waals surface area (Å²) in [5.41, 5.74) is 0.285. The van der Waals surface area contributed by atoms with E-state index in [-0.39, 0.29) is 31.2 Å². The lowest BCUT2D eigenvalue weighted by Crippen LogP contribution is -2.59. The van der Waals surface area contributed by atoms with E-state index in [0.29, 0.717) is 63.2 Å². The van der Waals surface area contributed by atoms with Gasteiger partial charge in [0.1, 0.15) is 6.04 Å². The number of rotatable bonds is 4. The predicted octanol–water partition coefficient (Wildman–Crippen LogP) is 3.36. The van der Waals surface area contributed by atoms with Crippen molar-refractivity contribution in [2.24, 2.45) is 5.41 Å². The lowest BCUT2D eigenvalue weighted by atomic mass is 9.60. The van der Waals surface area contributed by atoms with Crippen LogP contribution in [0.1, 0.15) is 64.7 Å². The lowest BCUT2D eigenvalue weighted by molar-refractivity contribution is -0.180. The Morgan fingerprint density at radius 2 is 1.76 bits per heavy atom. The summed E-state index contributed by atoms with van der Waals surface area (Å²) in [5.74, 6) is -1.07. The number of benzene rings is 2. The van der Waals surface area contributed by atoms with Crippen LogP contribution in [0.15, 0.2) is 42.5 Å². The summed E-state index contributed by atoms with van der Waals surface area (Å²) in [5, 5.41) is 14.7. The van der Waals surface area contributed by atoms with Gasteiger partial charge in [0, 0.05) is 56.8 Å². The van der Waals surface area contributed by atoms with Gasteiger partial charge in [-0.25, -0.2) is 0 Å². The zero-order valence-electron chi connectivity index (χ0n) is 22.5. The van der Waals surface area contributed by atoms with Crippen molar-refractivity contribution in [3.8, 4) is 0 Å². The van der Waals surface area contributed by atoms with Crippen LogP contribution in [0, 0.1) is 5.41 Å². The van der Waals surface area contributed by atoms with Crippen LogP contribution in [0.3, 0.4) is 0 Å². The molecule has 41 heavy (non-hydrogen) atoms. The number of carbonyl (C=O) groups is 3. The number of fused-ring (bicyclic) bond motifs is 1. The van der Waals surface area contributed by atoms with Gasteiger partial charge < -0.3 is 14.7 Å². The molecule has 0 bridgehead atoms. The van der Waals surface area contributed by atoms with Crippen molar-refractivity contribution in [3.63, 3.8) is 0 Å². The van der Waals surface area contributed by atoms with Crippen molar-refractivity contribution < 1.29 is 37.4 Å². The van der Waals surface area contributed by atoms with E-state index < -0.39 is 34.7 Å². The molecule has 2 atom stereocenters. The second kappa shape index (κ2) is 10.2. The monoisotopic (exact) mass is 571 g/mol. The van der Waals surface area contributed by atoms with E-state index in [0.717, 1.165) is 23.3 Å². The number of carbonyl (C=O) groups excluding carboxylic acids is 3. The van der Waals surface area contributed by atoms with Gasteiger partial charge in [-0.1, -0.05) is 24.3 Å². The molecule has 4 aliphatic rings. The topological polar surface area (TPSA) is 99.2 Å². The van der Waals surface area contributed by atoms with E-state index >= 15 is 0 Å². The highest BCUT2D eigenvalue weighted by molar-refractivity contribution is 6.05. The number of hydrogen-bond acceptors (Lipinski definition) is 6. The summed E-state index contributed by atoms with van der Waals surface area (Å²) >= 11 is 0. The molecule has 2 aromatic rings. The quantitative estimate of drug-likeness (QED) is 0.547. The van der Waals surface area contributed by atoms with E-state index in [1.807, 2.05) is 6.07 Å². The van der Waals surface area contributed by atoms with Gasteiger partial charge in [-0.15, -0.1) is 0 Å². The van der Waals surface area contributed by atoms with E-state index in [1.165, 1.54) is 17.0 Å². The van der Waals surface area contributed by atoms with Crippen LogP contribution in [0.5, 0.6) is 0 Å². The Balaban J connectivity index is 1.24. The maximum Gasteiger partial charge on any atom is 0.416 e. The van der Waals surface area contributed by atoms with Crippen LogP contribution in [0.25, 0.3) is 0 Å². The lowest BCUT2D eigenvalue weighted by Gasteiger charge is -2.55. The van der Waals surface area contributed by atoms with E-state index in [2.05, 4.69) is 10.2 Å². The second-order valence-corrected chi connectivity index (χ2v) is 11.7. The van der Waals surface area contributed by atoms with Crippen molar-refractivity contribution in [3.05, 3.63) is 70.3 Å². The molecule has 2 unspecified atom stereocenters. The number of imide groups is 1. The first kappa shape index (κ1) is 27.9. The minimum absolute atomic E-state index is 0.176. The summed E-state index contributed by atoms with van der Waals surface area (Å²) < 4.78 is 44.7. The number of halogens is 3. The smallest absolute Gasteiger partial charge is 0.384 e. The summed E-state index contributed by atoms with van der Waals surface area (Å²) in [7, 11) is 0. The highest BCUT2D eigenvalue weighted by Gasteiger charge is 2.55. The summed E-state index contributed by atoms with van der Waals surface area (Å²) in [6.07, 6.45) is -2.28. The van der Waals surface area contributed by atoms with Crippen molar-refractivity contribution >= 4 is 17.7 Å². The summed E-state index contributed by atoms with van der Waals surface area (Å²) in [6, 6.07) is 9.90. The van der Waals surface area contributed by atoms with E-state index in [9.17, 15) is 32.7 Å². The van der Waals surface area contributed by atoms with Gasteiger partial charge in [-0.05, 0) is 60.6 Å². The molecule has 6 rings (SSSR count). The van der Waals surface area contributed by atoms with Gasteiger partial charge in [-0.3, -0.25) is 24.6 Å². The molecular formula is C30H32F3N3O5. The van der Waals surface area contributed by atoms with Gasteiger partial charge >= 0.3 is 6.18 Å². The van der Waals surface area contributed by atoms with Gasteiger partial charge in [0.25, 0.3) is 5.91 Å². The fourth-order valence-electron chi connectivity index (χ4n) is 7.03. The molecule has 0 radical (unpaired) electrons. The zero-order chi connectivity index (χ0) is 29.0. The van der Waals surface area contributed by atoms with Gasteiger partial charge in [0.2, 0.25) is 11.8 Å². The standard InChI is InChI=1S/C30H32F3N3O5/c31-30(32,33)21-3-1-19(2-4-21)16-35-12-9-29(40,28(18-35)10-13-41-14-11-28)22-5-6-23-20(15-22)17-36(27(23)39)24-7-8-25(37)34-26(24)38/h1-6,15,24,40H,7-14,16-18H2,(H,34,37,38). The summed E-state index contributed by atoms with van der Waals surface area (Å²) in [6.45, 7) is 2.76. The van der Waals surface area contributed by atoms with Crippen molar-refractivity contribution in [1.29, 1.82) is 0 Å². The Kier molecular flexibility index (Phi) is 6.94. The highest BCUT2D eigenvalue weighted by Crippen LogP contribution is 2.53. The molecule has 1 spiro atoms. The molecule has 218 valence electrons. The maximum atomic E-state index is 13.2. The fraction of sp³-hybridized carbons (Fsp3) is 0.500. The first-order valence-electron chi connectivity index (χ1n) is 14.0.